The summed E-state index contributed by atoms with van der Waals surface area (Å²) in [7, 11) is -4.43. The predicted octanol–water partition coefficient (Wildman–Crippen LogP) is 2.67. The van der Waals surface area contributed by atoms with Crippen LogP contribution in [0.5, 0.6) is 0 Å². The predicted molar refractivity (Wildman–Crippen MR) is 62.4 cm³/mol. The van der Waals surface area contributed by atoms with Crippen molar-refractivity contribution in [1.82, 2.24) is 0 Å². The molecule has 4 nitrogen and oxygen atoms in total. The fraction of sp³-hybridized carbons (Fsp3) is 0. The molecule has 2 aromatic rings. The number of rotatable bonds is 3. The molecule has 0 unspecified atom stereocenters. The molecular formula is C10H8O4S2. The molecule has 0 aromatic heterocycles. The van der Waals surface area contributed by atoms with E-state index in [4.69, 9.17) is 4.55 Å². The molecule has 1 N–H and O–H groups in total. The van der Waals surface area contributed by atoms with Gasteiger partial charge in [-0.05, 0) is 16.8 Å². The Balaban J connectivity index is 2.38. The summed E-state index contributed by atoms with van der Waals surface area (Å²) in [6.07, 6.45) is 0. The topological polar surface area (TPSA) is 63.6 Å². The maximum atomic E-state index is 10.5. The van der Waals surface area contributed by atoms with Crippen molar-refractivity contribution in [2.75, 3.05) is 0 Å². The summed E-state index contributed by atoms with van der Waals surface area (Å²) in [5.74, 6) is 0. The lowest BCUT2D eigenvalue weighted by atomic mass is 10.1. The molecule has 0 heterocycles. The van der Waals surface area contributed by atoms with Gasteiger partial charge in [-0.2, -0.15) is 12.0 Å². The van der Waals surface area contributed by atoms with Crippen LogP contribution in [0.2, 0.25) is 0 Å². The van der Waals surface area contributed by atoms with Gasteiger partial charge in [-0.3, -0.25) is 4.55 Å². The third-order valence-corrected chi connectivity index (χ3v) is 3.46. The Hall–Kier alpha value is -1.08. The summed E-state index contributed by atoms with van der Waals surface area (Å²) in [5, 5.41) is 1.85. The van der Waals surface area contributed by atoms with Crippen LogP contribution in [0.1, 0.15) is 0 Å². The number of fused-ring (bicyclic) bond motifs is 1. The van der Waals surface area contributed by atoms with Crippen molar-refractivity contribution in [1.29, 1.82) is 0 Å². The van der Waals surface area contributed by atoms with Gasteiger partial charge in [-0.25, -0.2) is 0 Å². The van der Waals surface area contributed by atoms with Crippen LogP contribution in [0.25, 0.3) is 10.8 Å². The minimum absolute atomic E-state index is 0.619. The smallest absolute Gasteiger partial charge is 0.263 e. The second-order valence-electron chi connectivity index (χ2n) is 3.06. The van der Waals surface area contributed by atoms with Crippen molar-refractivity contribution >= 4 is 33.2 Å². The first-order valence-corrected chi connectivity index (χ1v) is 6.48. The summed E-state index contributed by atoms with van der Waals surface area (Å²) in [6.45, 7) is 0. The highest BCUT2D eigenvalue weighted by Crippen LogP contribution is 2.29. The minimum atomic E-state index is -4.43. The molecule has 0 aliphatic rings. The maximum Gasteiger partial charge on any atom is 0.408 e. The number of hydrogen-bond donors (Lipinski definition) is 1. The standard InChI is InChI=1S/C10H8O4S2/c11-16(12,13)14-15-10-7-3-5-8-4-1-2-6-9(8)10/h1-7H,(H,11,12,13). The fourth-order valence-corrected chi connectivity index (χ4v) is 2.39. The van der Waals surface area contributed by atoms with Crippen molar-refractivity contribution in [3.8, 4) is 0 Å². The Morgan fingerprint density at radius 1 is 1.06 bits per heavy atom. The molecule has 0 fully saturated rings. The van der Waals surface area contributed by atoms with Gasteiger partial charge in [-0.15, -0.1) is 0 Å². The summed E-state index contributed by atoms with van der Waals surface area (Å²) >= 11 is 0.619. The third kappa shape index (κ3) is 2.73. The SMILES string of the molecule is O=S(=O)(O)OSc1cccc2ccccc12. The van der Waals surface area contributed by atoms with Crippen LogP contribution in [0.15, 0.2) is 47.4 Å². The largest absolute Gasteiger partial charge is 0.408 e. The average molecular weight is 256 g/mol. The Morgan fingerprint density at radius 3 is 2.50 bits per heavy atom. The molecular weight excluding hydrogens is 248 g/mol. The van der Waals surface area contributed by atoms with Crippen molar-refractivity contribution in [2.45, 2.75) is 4.90 Å². The number of benzene rings is 2. The highest BCUT2D eigenvalue weighted by atomic mass is 32.3. The Bertz CT molecular complexity index is 602. The first kappa shape index (κ1) is 11.4. The third-order valence-electron chi connectivity index (χ3n) is 1.96. The molecule has 0 aliphatic carbocycles. The molecule has 2 rings (SSSR count). The van der Waals surface area contributed by atoms with Crippen molar-refractivity contribution < 1.29 is 16.6 Å². The fourth-order valence-electron chi connectivity index (χ4n) is 1.35. The monoisotopic (exact) mass is 256 g/mol. The quantitative estimate of drug-likeness (QED) is 0.675. The molecule has 0 saturated carbocycles. The lowest BCUT2D eigenvalue weighted by molar-refractivity contribution is 0.408. The molecule has 2 aromatic carbocycles. The zero-order valence-electron chi connectivity index (χ0n) is 8.03. The first-order chi connectivity index (χ1) is 7.56. The molecule has 0 radical (unpaired) electrons. The highest BCUT2D eigenvalue weighted by molar-refractivity contribution is 8.02. The van der Waals surface area contributed by atoms with E-state index in [1.54, 1.807) is 12.1 Å². The Kier molecular flexibility index (Phi) is 3.15. The average Bonchev–Trinajstić information content (AvgIpc) is 2.25. The molecule has 0 atom stereocenters. The molecule has 0 saturated heterocycles. The van der Waals surface area contributed by atoms with Crippen LogP contribution in [-0.4, -0.2) is 13.0 Å². The second-order valence-corrected chi connectivity index (χ2v) is 5.06. The normalized spacial score (nSPS) is 11.8. The van der Waals surface area contributed by atoms with Gasteiger partial charge in [0, 0.05) is 4.90 Å². The first-order valence-electron chi connectivity index (χ1n) is 4.37. The lowest BCUT2D eigenvalue weighted by Gasteiger charge is -2.03. The molecule has 6 heteroatoms. The van der Waals surface area contributed by atoms with Crippen LogP contribution in [0.3, 0.4) is 0 Å². The Morgan fingerprint density at radius 2 is 1.75 bits per heavy atom. The zero-order valence-corrected chi connectivity index (χ0v) is 9.66. The maximum absolute atomic E-state index is 10.5. The Labute approximate surface area is 97.4 Å². The van der Waals surface area contributed by atoms with E-state index in [-0.39, 0.29) is 0 Å². The molecule has 0 amide bonds. The van der Waals surface area contributed by atoms with Crippen LogP contribution in [0.4, 0.5) is 0 Å². The van der Waals surface area contributed by atoms with E-state index in [9.17, 15) is 8.42 Å². The molecule has 16 heavy (non-hydrogen) atoms. The van der Waals surface area contributed by atoms with Gasteiger partial charge in [0.25, 0.3) is 0 Å². The van der Waals surface area contributed by atoms with Gasteiger partial charge in [0.15, 0.2) is 0 Å². The van der Waals surface area contributed by atoms with Gasteiger partial charge < -0.3 is 0 Å². The zero-order chi connectivity index (χ0) is 11.6. The van der Waals surface area contributed by atoms with Gasteiger partial charge in [-0.1, -0.05) is 36.4 Å². The summed E-state index contributed by atoms with van der Waals surface area (Å²) in [5.41, 5.74) is 0. The molecule has 0 spiro atoms. The van der Waals surface area contributed by atoms with Crippen LogP contribution in [0, 0.1) is 0 Å². The van der Waals surface area contributed by atoms with Gasteiger partial charge in [0.05, 0.1) is 12.0 Å². The minimum Gasteiger partial charge on any atom is -0.263 e. The van der Waals surface area contributed by atoms with Crippen molar-refractivity contribution in [3.05, 3.63) is 42.5 Å². The lowest BCUT2D eigenvalue weighted by Crippen LogP contribution is -1.96. The van der Waals surface area contributed by atoms with E-state index in [1.807, 2.05) is 30.3 Å². The molecule has 0 bridgehead atoms. The van der Waals surface area contributed by atoms with E-state index >= 15 is 0 Å². The van der Waals surface area contributed by atoms with Gasteiger partial charge in [0.2, 0.25) is 0 Å². The van der Waals surface area contributed by atoms with E-state index in [0.29, 0.717) is 16.9 Å². The summed E-state index contributed by atoms with van der Waals surface area (Å²) in [6, 6.07) is 12.9. The summed E-state index contributed by atoms with van der Waals surface area (Å²) in [4.78, 5) is 0.635. The van der Waals surface area contributed by atoms with Gasteiger partial charge >= 0.3 is 10.4 Å². The van der Waals surface area contributed by atoms with Crippen LogP contribution >= 0.6 is 12.0 Å². The summed E-state index contributed by atoms with van der Waals surface area (Å²) < 4.78 is 33.7. The van der Waals surface area contributed by atoms with Crippen LogP contribution < -0.4 is 0 Å². The van der Waals surface area contributed by atoms with Crippen molar-refractivity contribution in [2.24, 2.45) is 0 Å². The van der Waals surface area contributed by atoms with E-state index in [1.165, 1.54) is 0 Å². The second kappa shape index (κ2) is 4.42. The van der Waals surface area contributed by atoms with E-state index in [2.05, 4.69) is 3.63 Å². The highest BCUT2D eigenvalue weighted by Gasteiger charge is 2.08. The van der Waals surface area contributed by atoms with E-state index in [0.717, 1.165) is 10.8 Å². The van der Waals surface area contributed by atoms with Gasteiger partial charge in [0.1, 0.15) is 0 Å². The molecule has 84 valence electrons. The van der Waals surface area contributed by atoms with Crippen molar-refractivity contribution in [3.63, 3.8) is 0 Å². The van der Waals surface area contributed by atoms with Crippen LogP contribution in [-0.2, 0) is 14.0 Å². The molecule has 0 aliphatic heterocycles. The number of hydrogen-bond acceptors (Lipinski definition) is 4. The van der Waals surface area contributed by atoms with E-state index < -0.39 is 10.4 Å².